The second-order valence-electron chi connectivity index (χ2n) is 8.44. The minimum atomic E-state index is -0.701. The predicted molar refractivity (Wildman–Crippen MR) is 92.2 cm³/mol. The molecule has 1 N–H and O–H groups in total. The molecule has 23 heavy (non-hydrogen) atoms. The molecule has 3 rings (SSSR count). The molecule has 0 bridgehead atoms. The molecule has 1 unspecified atom stereocenters. The first-order valence-electron chi connectivity index (χ1n) is 9.77. The van der Waals surface area contributed by atoms with Crippen molar-refractivity contribution >= 4 is 5.91 Å². The number of aliphatic hydroxyl groups is 1. The lowest BCUT2D eigenvalue weighted by Gasteiger charge is -2.38. The number of carbonyl (C=O) groups is 1. The molecule has 0 spiro atoms. The third-order valence-corrected chi connectivity index (χ3v) is 6.28. The fourth-order valence-corrected chi connectivity index (χ4v) is 4.65. The zero-order valence-corrected chi connectivity index (χ0v) is 14.8. The Morgan fingerprint density at radius 1 is 1.09 bits per heavy atom. The van der Waals surface area contributed by atoms with Crippen molar-refractivity contribution in [1.82, 2.24) is 9.80 Å². The minimum absolute atomic E-state index is 0.186. The van der Waals surface area contributed by atoms with E-state index < -0.39 is 5.60 Å². The van der Waals surface area contributed by atoms with E-state index in [1.165, 1.54) is 32.4 Å². The van der Waals surface area contributed by atoms with E-state index >= 15 is 0 Å². The topological polar surface area (TPSA) is 43.8 Å². The van der Waals surface area contributed by atoms with E-state index in [2.05, 4.69) is 11.8 Å². The third-order valence-electron chi connectivity index (χ3n) is 6.28. The van der Waals surface area contributed by atoms with Crippen LogP contribution in [0.1, 0.15) is 64.7 Å². The minimum Gasteiger partial charge on any atom is -0.389 e. The largest absolute Gasteiger partial charge is 0.389 e. The standard InChI is InChI=1S/C19H34N2O2/c1-16-6-11-20(12-7-16)14-17-5-4-10-21(15-17)18(22)13-19(23)8-2-3-9-19/h16-17,23H,2-15H2,1H3. The van der Waals surface area contributed by atoms with Gasteiger partial charge in [0.2, 0.25) is 5.91 Å². The van der Waals surface area contributed by atoms with Crippen molar-refractivity contribution in [1.29, 1.82) is 0 Å². The highest BCUT2D eigenvalue weighted by Crippen LogP contribution is 2.33. The molecule has 1 amide bonds. The summed E-state index contributed by atoms with van der Waals surface area (Å²) in [7, 11) is 0. The van der Waals surface area contributed by atoms with Crippen molar-refractivity contribution < 1.29 is 9.90 Å². The van der Waals surface area contributed by atoms with Gasteiger partial charge in [-0.2, -0.15) is 0 Å². The Balaban J connectivity index is 1.46. The molecule has 0 aromatic heterocycles. The predicted octanol–water partition coefficient (Wildman–Crippen LogP) is 2.65. The molecule has 0 aromatic rings. The Kier molecular flexibility index (Phi) is 5.63. The van der Waals surface area contributed by atoms with Gasteiger partial charge < -0.3 is 14.9 Å². The van der Waals surface area contributed by atoms with Gasteiger partial charge in [0, 0.05) is 19.6 Å². The molecule has 3 aliphatic rings. The van der Waals surface area contributed by atoms with Gasteiger partial charge in [-0.1, -0.05) is 19.8 Å². The van der Waals surface area contributed by atoms with Crippen LogP contribution in [0.25, 0.3) is 0 Å². The third kappa shape index (κ3) is 4.69. The zero-order chi connectivity index (χ0) is 16.3. The van der Waals surface area contributed by atoms with Gasteiger partial charge in [-0.15, -0.1) is 0 Å². The molecule has 2 saturated heterocycles. The van der Waals surface area contributed by atoms with Gasteiger partial charge in [-0.05, 0) is 63.5 Å². The van der Waals surface area contributed by atoms with E-state index in [-0.39, 0.29) is 5.91 Å². The van der Waals surface area contributed by atoms with Crippen LogP contribution in [0.3, 0.4) is 0 Å². The highest BCUT2D eigenvalue weighted by molar-refractivity contribution is 5.77. The number of hydrogen-bond donors (Lipinski definition) is 1. The fraction of sp³-hybridized carbons (Fsp3) is 0.947. The maximum atomic E-state index is 12.6. The van der Waals surface area contributed by atoms with Crippen molar-refractivity contribution in [2.75, 3.05) is 32.7 Å². The van der Waals surface area contributed by atoms with Gasteiger partial charge in [0.05, 0.1) is 12.0 Å². The van der Waals surface area contributed by atoms with E-state index in [4.69, 9.17) is 0 Å². The Labute approximate surface area is 141 Å². The molecule has 3 fully saturated rings. The lowest BCUT2D eigenvalue weighted by Crippen LogP contribution is -2.46. The first-order valence-corrected chi connectivity index (χ1v) is 9.77. The van der Waals surface area contributed by atoms with Crippen molar-refractivity contribution in [3.8, 4) is 0 Å². The van der Waals surface area contributed by atoms with Crippen LogP contribution in [-0.4, -0.2) is 59.1 Å². The molecular weight excluding hydrogens is 288 g/mol. The SMILES string of the molecule is CC1CCN(CC2CCCN(C(=O)CC3(O)CCCC3)C2)CC1. The summed E-state index contributed by atoms with van der Waals surface area (Å²) in [6.07, 6.45) is 9.12. The van der Waals surface area contributed by atoms with E-state index in [0.29, 0.717) is 12.3 Å². The number of likely N-dealkylation sites (tertiary alicyclic amines) is 2. The average molecular weight is 322 g/mol. The molecule has 1 aliphatic carbocycles. The van der Waals surface area contributed by atoms with Crippen LogP contribution in [0.15, 0.2) is 0 Å². The summed E-state index contributed by atoms with van der Waals surface area (Å²) >= 11 is 0. The van der Waals surface area contributed by atoms with Crippen LogP contribution >= 0.6 is 0 Å². The van der Waals surface area contributed by atoms with Gasteiger partial charge >= 0.3 is 0 Å². The Morgan fingerprint density at radius 2 is 1.78 bits per heavy atom. The molecule has 0 aromatic carbocycles. The molecule has 132 valence electrons. The second kappa shape index (κ2) is 7.52. The number of hydrogen-bond acceptors (Lipinski definition) is 3. The van der Waals surface area contributed by atoms with Crippen molar-refractivity contribution in [2.45, 2.75) is 70.3 Å². The zero-order valence-electron chi connectivity index (χ0n) is 14.8. The van der Waals surface area contributed by atoms with Crippen LogP contribution in [0.5, 0.6) is 0 Å². The summed E-state index contributed by atoms with van der Waals surface area (Å²) in [5, 5.41) is 10.5. The van der Waals surface area contributed by atoms with E-state index in [1.54, 1.807) is 0 Å². The maximum Gasteiger partial charge on any atom is 0.225 e. The smallest absolute Gasteiger partial charge is 0.225 e. The summed E-state index contributed by atoms with van der Waals surface area (Å²) in [6.45, 7) is 7.76. The van der Waals surface area contributed by atoms with Gasteiger partial charge in [-0.25, -0.2) is 0 Å². The first kappa shape index (κ1) is 17.2. The summed E-state index contributed by atoms with van der Waals surface area (Å²) in [5.41, 5.74) is -0.701. The first-order chi connectivity index (χ1) is 11.0. The maximum absolute atomic E-state index is 12.6. The summed E-state index contributed by atoms with van der Waals surface area (Å²) in [6, 6.07) is 0. The number of piperidine rings is 2. The van der Waals surface area contributed by atoms with Crippen LogP contribution in [-0.2, 0) is 4.79 Å². The van der Waals surface area contributed by atoms with Gasteiger partial charge in [0.1, 0.15) is 0 Å². The van der Waals surface area contributed by atoms with Gasteiger partial charge in [0.25, 0.3) is 0 Å². The van der Waals surface area contributed by atoms with E-state index in [9.17, 15) is 9.90 Å². The normalized spacial score (nSPS) is 29.8. The van der Waals surface area contributed by atoms with Crippen LogP contribution in [0.2, 0.25) is 0 Å². The Hall–Kier alpha value is -0.610. The van der Waals surface area contributed by atoms with Gasteiger partial charge in [-0.3, -0.25) is 4.79 Å². The second-order valence-corrected chi connectivity index (χ2v) is 8.44. The fourth-order valence-electron chi connectivity index (χ4n) is 4.65. The molecule has 2 heterocycles. The molecule has 1 saturated carbocycles. The van der Waals surface area contributed by atoms with Crippen molar-refractivity contribution in [2.24, 2.45) is 11.8 Å². The number of nitrogens with zero attached hydrogens (tertiary/aromatic N) is 2. The Morgan fingerprint density at radius 3 is 2.48 bits per heavy atom. The number of amides is 1. The molecule has 2 aliphatic heterocycles. The highest BCUT2D eigenvalue weighted by atomic mass is 16.3. The van der Waals surface area contributed by atoms with E-state index in [1.807, 2.05) is 4.90 Å². The average Bonchev–Trinajstić information content (AvgIpc) is 2.96. The van der Waals surface area contributed by atoms with Crippen molar-refractivity contribution in [3.05, 3.63) is 0 Å². The number of carbonyl (C=O) groups excluding carboxylic acids is 1. The quantitative estimate of drug-likeness (QED) is 0.865. The molecule has 4 heteroatoms. The lowest BCUT2D eigenvalue weighted by atomic mass is 9.92. The molecule has 1 atom stereocenters. The highest BCUT2D eigenvalue weighted by Gasteiger charge is 2.36. The molecule has 0 radical (unpaired) electrons. The van der Waals surface area contributed by atoms with Gasteiger partial charge in [0.15, 0.2) is 0 Å². The summed E-state index contributed by atoms with van der Waals surface area (Å²) in [5.74, 6) is 1.69. The number of rotatable bonds is 4. The monoisotopic (exact) mass is 322 g/mol. The van der Waals surface area contributed by atoms with Crippen molar-refractivity contribution in [3.63, 3.8) is 0 Å². The summed E-state index contributed by atoms with van der Waals surface area (Å²) in [4.78, 5) is 17.2. The molecular formula is C19H34N2O2. The summed E-state index contributed by atoms with van der Waals surface area (Å²) < 4.78 is 0. The lowest BCUT2D eigenvalue weighted by molar-refractivity contribution is -0.138. The van der Waals surface area contributed by atoms with Crippen LogP contribution in [0.4, 0.5) is 0 Å². The van der Waals surface area contributed by atoms with Crippen LogP contribution < -0.4 is 0 Å². The molecule has 4 nitrogen and oxygen atoms in total. The Bertz CT molecular complexity index is 398. The van der Waals surface area contributed by atoms with E-state index in [0.717, 1.165) is 57.7 Å². The van der Waals surface area contributed by atoms with Crippen LogP contribution in [0, 0.1) is 11.8 Å².